The van der Waals surface area contributed by atoms with Gasteiger partial charge in [-0.1, -0.05) is 11.6 Å². The molecule has 1 fully saturated rings. The van der Waals surface area contributed by atoms with E-state index in [0.29, 0.717) is 17.0 Å². The van der Waals surface area contributed by atoms with Gasteiger partial charge in [0.15, 0.2) is 0 Å². The van der Waals surface area contributed by atoms with Gasteiger partial charge in [-0.2, -0.15) is 0 Å². The Balaban J connectivity index is 2.00. The van der Waals surface area contributed by atoms with E-state index in [1.165, 1.54) is 0 Å². The van der Waals surface area contributed by atoms with Gasteiger partial charge >= 0.3 is 0 Å². The van der Waals surface area contributed by atoms with Crippen LogP contribution in [0, 0.1) is 0 Å². The quantitative estimate of drug-likeness (QED) is 0.874. The second-order valence-corrected chi connectivity index (χ2v) is 5.88. The number of nitrogens with one attached hydrogen (secondary N) is 1. The summed E-state index contributed by atoms with van der Waals surface area (Å²) in [7, 11) is 0. The summed E-state index contributed by atoms with van der Waals surface area (Å²) in [5.41, 5.74) is 0.545. The molecule has 5 heteroatoms. The standard InChI is InChI=1S/C13H15BrClNO2/c14-11-5-4-8(6-12(11)15)13(18)16-9-2-1-3-10(17)7-9/h4-6,9-10,17H,1-3,7H2,(H,16,18). The van der Waals surface area contributed by atoms with Crippen molar-refractivity contribution in [3.63, 3.8) is 0 Å². The summed E-state index contributed by atoms with van der Waals surface area (Å²) < 4.78 is 0.772. The van der Waals surface area contributed by atoms with Crippen LogP contribution < -0.4 is 5.32 Å². The average molecular weight is 333 g/mol. The van der Waals surface area contributed by atoms with Gasteiger partial charge in [0.05, 0.1) is 11.1 Å². The maximum atomic E-state index is 12.0. The van der Waals surface area contributed by atoms with Crippen molar-refractivity contribution in [2.75, 3.05) is 0 Å². The molecule has 2 N–H and O–H groups in total. The number of aliphatic hydroxyl groups is 1. The Morgan fingerprint density at radius 2 is 2.22 bits per heavy atom. The van der Waals surface area contributed by atoms with E-state index in [2.05, 4.69) is 21.2 Å². The van der Waals surface area contributed by atoms with Crippen LogP contribution in [0.2, 0.25) is 5.02 Å². The van der Waals surface area contributed by atoms with Crippen LogP contribution in [0.25, 0.3) is 0 Å². The zero-order chi connectivity index (χ0) is 13.1. The van der Waals surface area contributed by atoms with Crippen LogP contribution in [0.4, 0.5) is 0 Å². The molecule has 0 aromatic heterocycles. The lowest BCUT2D eigenvalue weighted by Crippen LogP contribution is -2.39. The Hall–Kier alpha value is -0.580. The van der Waals surface area contributed by atoms with Gasteiger partial charge in [0.1, 0.15) is 0 Å². The first-order valence-electron chi connectivity index (χ1n) is 6.00. The van der Waals surface area contributed by atoms with Crippen LogP contribution in [0.3, 0.4) is 0 Å². The smallest absolute Gasteiger partial charge is 0.251 e. The lowest BCUT2D eigenvalue weighted by molar-refractivity contribution is 0.0850. The van der Waals surface area contributed by atoms with Crippen LogP contribution >= 0.6 is 27.5 Å². The molecule has 1 saturated carbocycles. The minimum Gasteiger partial charge on any atom is -0.393 e. The minimum atomic E-state index is -0.294. The number of hydrogen-bond donors (Lipinski definition) is 2. The number of carbonyl (C=O) groups excluding carboxylic acids is 1. The molecule has 0 bridgehead atoms. The molecule has 18 heavy (non-hydrogen) atoms. The molecule has 0 heterocycles. The second-order valence-electron chi connectivity index (χ2n) is 4.62. The van der Waals surface area contributed by atoms with Crippen molar-refractivity contribution in [3.05, 3.63) is 33.3 Å². The van der Waals surface area contributed by atoms with Gasteiger partial charge in [-0.15, -0.1) is 0 Å². The van der Waals surface area contributed by atoms with E-state index >= 15 is 0 Å². The molecule has 0 saturated heterocycles. The molecule has 1 aliphatic carbocycles. The number of carbonyl (C=O) groups is 1. The summed E-state index contributed by atoms with van der Waals surface area (Å²) >= 11 is 9.25. The Morgan fingerprint density at radius 3 is 2.89 bits per heavy atom. The normalized spacial score (nSPS) is 23.7. The predicted octanol–water partition coefficient (Wildman–Crippen LogP) is 3.14. The highest BCUT2D eigenvalue weighted by molar-refractivity contribution is 9.10. The monoisotopic (exact) mass is 331 g/mol. The molecule has 98 valence electrons. The number of benzene rings is 1. The number of aliphatic hydroxyl groups excluding tert-OH is 1. The third-order valence-electron chi connectivity index (χ3n) is 3.16. The van der Waals surface area contributed by atoms with Gasteiger partial charge in [0.25, 0.3) is 5.91 Å². The molecule has 0 aliphatic heterocycles. The lowest BCUT2D eigenvalue weighted by Gasteiger charge is -2.26. The van der Waals surface area contributed by atoms with Crippen LogP contribution in [0.5, 0.6) is 0 Å². The molecule has 1 amide bonds. The van der Waals surface area contributed by atoms with Crippen LogP contribution in [0.15, 0.2) is 22.7 Å². The number of amides is 1. The first-order chi connectivity index (χ1) is 8.56. The van der Waals surface area contributed by atoms with Crippen molar-refractivity contribution < 1.29 is 9.90 Å². The second kappa shape index (κ2) is 6.04. The zero-order valence-corrected chi connectivity index (χ0v) is 12.2. The van der Waals surface area contributed by atoms with E-state index in [1.807, 2.05) is 0 Å². The zero-order valence-electron chi connectivity index (χ0n) is 9.83. The first kappa shape index (κ1) is 13.8. The maximum Gasteiger partial charge on any atom is 0.251 e. The highest BCUT2D eigenvalue weighted by Gasteiger charge is 2.22. The molecule has 3 nitrogen and oxygen atoms in total. The predicted molar refractivity (Wildman–Crippen MR) is 74.9 cm³/mol. The van der Waals surface area contributed by atoms with Gasteiger partial charge in [-0.05, 0) is 59.8 Å². The minimum absolute atomic E-state index is 0.0590. The Kier molecular flexibility index (Phi) is 4.65. The Labute approximate surface area is 120 Å². The van der Waals surface area contributed by atoms with E-state index in [4.69, 9.17) is 11.6 Å². The van der Waals surface area contributed by atoms with Crippen molar-refractivity contribution in [2.24, 2.45) is 0 Å². The van der Waals surface area contributed by atoms with Crippen molar-refractivity contribution >= 4 is 33.4 Å². The fourth-order valence-corrected chi connectivity index (χ4v) is 2.63. The Morgan fingerprint density at radius 1 is 1.44 bits per heavy atom. The summed E-state index contributed by atoms with van der Waals surface area (Å²) in [4.78, 5) is 12.0. The van der Waals surface area contributed by atoms with Crippen molar-refractivity contribution in [3.8, 4) is 0 Å². The average Bonchev–Trinajstić information content (AvgIpc) is 2.32. The van der Waals surface area contributed by atoms with Gasteiger partial charge in [-0.3, -0.25) is 4.79 Å². The topological polar surface area (TPSA) is 49.3 Å². The largest absolute Gasteiger partial charge is 0.393 e. The summed E-state index contributed by atoms with van der Waals surface area (Å²) in [6.45, 7) is 0. The molecule has 2 unspecified atom stereocenters. The highest BCUT2D eigenvalue weighted by Crippen LogP contribution is 2.24. The molecular formula is C13H15BrClNO2. The summed E-state index contributed by atoms with van der Waals surface area (Å²) in [5.74, 6) is -0.136. The SMILES string of the molecule is O=C(NC1CCCC(O)C1)c1ccc(Br)c(Cl)c1. The molecule has 1 aliphatic rings. The number of rotatable bonds is 2. The lowest BCUT2D eigenvalue weighted by atomic mass is 9.93. The fraction of sp³-hybridized carbons (Fsp3) is 0.462. The van der Waals surface area contributed by atoms with E-state index in [0.717, 1.165) is 23.7 Å². The molecule has 1 aromatic carbocycles. The van der Waals surface area contributed by atoms with Crippen molar-refractivity contribution in [1.82, 2.24) is 5.32 Å². The third-order valence-corrected chi connectivity index (χ3v) is 4.40. The highest BCUT2D eigenvalue weighted by atomic mass is 79.9. The third kappa shape index (κ3) is 3.46. The molecule has 1 aromatic rings. The van der Waals surface area contributed by atoms with Gasteiger partial charge in [0, 0.05) is 16.1 Å². The van der Waals surface area contributed by atoms with E-state index in [9.17, 15) is 9.90 Å². The van der Waals surface area contributed by atoms with Crippen LogP contribution in [-0.2, 0) is 0 Å². The summed E-state index contributed by atoms with van der Waals surface area (Å²) in [6, 6.07) is 5.18. The summed E-state index contributed by atoms with van der Waals surface area (Å²) in [5, 5.41) is 13.0. The molecular weight excluding hydrogens is 318 g/mol. The van der Waals surface area contributed by atoms with E-state index in [1.54, 1.807) is 18.2 Å². The molecule has 2 atom stereocenters. The maximum absolute atomic E-state index is 12.0. The Bertz CT molecular complexity index is 453. The van der Waals surface area contributed by atoms with Gasteiger partial charge in [0.2, 0.25) is 0 Å². The number of halogens is 2. The van der Waals surface area contributed by atoms with Crippen LogP contribution in [0.1, 0.15) is 36.0 Å². The fourth-order valence-electron chi connectivity index (χ4n) is 2.20. The molecule has 2 rings (SSSR count). The van der Waals surface area contributed by atoms with E-state index in [-0.39, 0.29) is 18.1 Å². The van der Waals surface area contributed by atoms with Gasteiger partial charge < -0.3 is 10.4 Å². The first-order valence-corrected chi connectivity index (χ1v) is 7.17. The molecule has 0 radical (unpaired) electrons. The van der Waals surface area contributed by atoms with Crippen molar-refractivity contribution in [2.45, 2.75) is 37.8 Å². The van der Waals surface area contributed by atoms with E-state index < -0.39 is 0 Å². The van der Waals surface area contributed by atoms with Crippen molar-refractivity contribution in [1.29, 1.82) is 0 Å². The molecule has 0 spiro atoms. The summed E-state index contributed by atoms with van der Waals surface area (Å²) in [6.07, 6.45) is 3.05. The van der Waals surface area contributed by atoms with Crippen LogP contribution in [-0.4, -0.2) is 23.2 Å². The van der Waals surface area contributed by atoms with Gasteiger partial charge in [-0.25, -0.2) is 0 Å². The number of hydrogen-bond acceptors (Lipinski definition) is 2.